The van der Waals surface area contributed by atoms with E-state index < -0.39 is 0 Å². The first kappa shape index (κ1) is 18.0. The minimum atomic E-state index is -0.269. The molecule has 0 atom stereocenters. The third kappa shape index (κ3) is 5.07. The van der Waals surface area contributed by atoms with Gasteiger partial charge in [0.25, 0.3) is 0 Å². The van der Waals surface area contributed by atoms with E-state index in [1.54, 1.807) is 44.6 Å². The van der Waals surface area contributed by atoms with Crippen molar-refractivity contribution in [2.24, 2.45) is 5.10 Å². The molecule has 0 unspecified atom stereocenters. The van der Waals surface area contributed by atoms with Crippen LogP contribution in [0.3, 0.4) is 0 Å². The second kappa shape index (κ2) is 8.44. The molecule has 2 amide bonds. The number of benzene rings is 1. The Morgan fingerprint density at radius 2 is 2.05 bits per heavy atom. The first-order valence-corrected chi connectivity index (χ1v) is 7.37. The van der Waals surface area contributed by atoms with Crippen LogP contribution in [0.4, 0.5) is 10.5 Å². The topological polar surface area (TPSA) is 45.1 Å². The number of ether oxygens (including phenoxy) is 1. The highest BCUT2D eigenvalue weighted by Gasteiger charge is 2.18. The Kier molecular flexibility index (Phi) is 6.92. The summed E-state index contributed by atoms with van der Waals surface area (Å²) in [5, 5.41) is 5.88. The van der Waals surface area contributed by atoms with Crippen LogP contribution in [0.15, 0.2) is 35.5 Å². The van der Waals surface area contributed by atoms with Crippen molar-refractivity contribution in [3.63, 3.8) is 0 Å². The number of allylic oxidation sites excluding steroid dienone is 2. The Bertz CT molecular complexity index is 569. The van der Waals surface area contributed by atoms with Gasteiger partial charge < -0.3 is 9.64 Å². The fraction of sp³-hybridized carbons (Fsp3) is 0.375. The van der Waals surface area contributed by atoms with E-state index in [0.717, 1.165) is 0 Å². The van der Waals surface area contributed by atoms with Gasteiger partial charge in [-0.25, -0.2) is 4.79 Å². The highest BCUT2D eigenvalue weighted by Crippen LogP contribution is 2.30. The predicted octanol–water partition coefficient (Wildman–Crippen LogP) is 4.18. The molecule has 0 heterocycles. The smallest absolute Gasteiger partial charge is 0.344 e. The molecule has 0 aliphatic rings. The van der Waals surface area contributed by atoms with E-state index in [1.165, 1.54) is 9.91 Å². The van der Waals surface area contributed by atoms with Crippen LogP contribution in [-0.4, -0.2) is 37.3 Å². The van der Waals surface area contributed by atoms with Gasteiger partial charge in [0.05, 0.1) is 16.8 Å². The van der Waals surface area contributed by atoms with Gasteiger partial charge in [0.2, 0.25) is 0 Å². The van der Waals surface area contributed by atoms with Crippen molar-refractivity contribution in [1.82, 2.24) is 4.90 Å². The monoisotopic (exact) mass is 323 g/mol. The summed E-state index contributed by atoms with van der Waals surface area (Å²) in [5.41, 5.74) is 0.570. The Morgan fingerprint density at radius 3 is 2.55 bits per heavy atom. The average Bonchev–Trinajstić information content (AvgIpc) is 2.45. The molecule has 0 aromatic heterocycles. The van der Waals surface area contributed by atoms with Gasteiger partial charge in [-0.2, -0.15) is 10.1 Å². The van der Waals surface area contributed by atoms with Crippen molar-refractivity contribution in [3.05, 3.63) is 35.4 Å². The molecule has 0 spiro atoms. The van der Waals surface area contributed by atoms with Crippen molar-refractivity contribution < 1.29 is 9.53 Å². The summed E-state index contributed by atoms with van der Waals surface area (Å²) < 4.78 is 5.59. The van der Waals surface area contributed by atoms with E-state index in [4.69, 9.17) is 16.3 Å². The molecule has 5 nitrogen and oxygen atoms in total. The standard InChI is InChI=1S/C16H22ClN3O2/c1-6-7-10-18-20(16(21)19(4)5)13-8-9-15(14(17)11-13)22-12(2)3/h6-12H,1-5H3/b7-6+,18-10?. The lowest BCUT2D eigenvalue weighted by Crippen LogP contribution is -2.35. The van der Waals surface area contributed by atoms with Gasteiger partial charge >= 0.3 is 6.03 Å². The second-order valence-corrected chi connectivity index (χ2v) is 5.47. The lowest BCUT2D eigenvalue weighted by molar-refractivity contribution is 0.224. The quantitative estimate of drug-likeness (QED) is 0.603. The second-order valence-electron chi connectivity index (χ2n) is 5.06. The zero-order valence-electron chi connectivity index (χ0n) is 13.6. The maximum absolute atomic E-state index is 12.3. The van der Waals surface area contributed by atoms with Crippen molar-refractivity contribution in [2.45, 2.75) is 26.9 Å². The maximum atomic E-state index is 12.3. The summed E-state index contributed by atoms with van der Waals surface area (Å²) >= 11 is 6.22. The zero-order chi connectivity index (χ0) is 16.7. The summed E-state index contributed by atoms with van der Waals surface area (Å²) in [6.45, 7) is 5.72. The molecule has 0 N–H and O–H groups in total. The Morgan fingerprint density at radius 1 is 1.36 bits per heavy atom. The zero-order valence-corrected chi connectivity index (χ0v) is 14.3. The van der Waals surface area contributed by atoms with E-state index in [2.05, 4.69) is 5.10 Å². The van der Waals surface area contributed by atoms with E-state index in [1.807, 2.05) is 26.8 Å². The van der Waals surface area contributed by atoms with E-state index >= 15 is 0 Å². The summed E-state index contributed by atoms with van der Waals surface area (Å²) in [4.78, 5) is 13.7. The molecule has 0 saturated carbocycles. The summed E-state index contributed by atoms with van der Waals surface area (Å²) in [5.74, 6) is 0.579. The van der Waals surface area contributed by atoms with Crippen LogP contribution in [-0.2, 0) is 0 Å². The molecule has 120 valence electrons. The molecular weight excluding hydrogens is 302 g/mol. The first-order valence-electron chi connectivity index (χ1n) is 6.99. The van der Waals surface area contributed by atoms with Crippen molar-refractivity contribution >= 4 is 29.5 Å². The molecule has 0 aliphatic heterocycles. The molecule has 1 aromatic carbocycles. The van der Waals surface area contributed by atoms with Crippen LogP contribution < -0.4 is 9.75 Å². The molecule has 22 heavy (non-hydrogen) atoms. The third-order valence-corrected chi connectivity index (χ3v) is 2.84. The lowest BCUT2D eigenvalue weighted by Gasteiger charge is -2.22. The van der Waals surface area contributed by atoms with Gasteiger partial charge in [0.1, 0.15) is 5.75 Å². The third-order valence-electron chi connectivity index (χ3n) is 2.55. The van der Waals surface area contributed by atoms with Crippen LogP contribution in [0, 0.1) is 0 Å². The van der Waals surface area contributed by atoms with Crippen LogP contribution in [0.1, 0.15) is 20.8 Å². The number of carbonyl (C=O) groups excluding carboxylic acids is 1. The molecule has 0 radical (unpaired) electrons. The molecule has 0 fully saturated rings. The molecular formula is C16H22ClN3O2. The number of halogens is 1. The SMILES string of the molecule is C/C=C/C=NN(C(=O)N(C)C)c1ccc(OC(C)C)c(Cl)c1. The van der Waals surface area contributed by atoms with Gasteiger partial charge in [0.15, 0.2) is 0 Å². The summed E-state index contributed by atoms with van der Waals surface area (Å²) in [7, 11) is 3.33. The largest absolute Gasteiger partial charge is 0.489 e. The molecule has 0 aliphatic carbocycles. The van der Waals surface area contributed by atoms with Crippen LogP contribution >= 0.6 is 11.6 Å². The summed E-state index contributed by atoms with van der Waals surface area (Å²) in [6.07, 6.45) is 5.14. The Balaban J connectivity index is 3.14. The number of amides is 2. The van der Waals surface area contributed by atoms with Gasteiger partial charge in [-0.15, -0.1) is 0 Å². The molecule has 0 saturated heterocycles. The summed E-state index contributed by atoms with van der Waals surface area (Å²) in [6, 6.07) is 4.87. The minimum Gasteiger partial charge on any atom is -0.489 e. The van der Waals surface area contributed by atoms with Crippen molar-refractivity contribution in [1.29, 1.82) is 0 Å². The molecule has 1 aromatic rings. The fourth-order valence-corrected chi connectivity index (χ4v) is 1.80. The van der Waals surface area contributed by atoms with E-state index in [-0.39, 0.29) is 12.1 Å². The van der Waals surface area contributed by atoms with Gasteiger partial charge in [-0.05, 0) is 45.0 Å². The number of hydrogen-bond donors (Lipinski definition) is 0. The maximum Gasteiger partial charge on any atom is 0.344 e. The van der Waals surface area contributed by atoms with E-state index in [9.17, 15) is 4.79 Å². The predicted molar refractivity (Wildman–Crippen MR) is 92.1 cm³/mol. The molecule has 6 heteroatoms. The Hall–Kier alpha value is -2.01. The van der Waals surface area contributed by atoms with Crippen molar-refractivity contribution in [3.8, 4) is 5.75 Å². The lowest BCUT2D eigenvalue weighted by atomic mass is 10.3. The number of nitrogens with zero attached hydrogens (tertiary/aromatic N) is 3. The van der Waals surface area contributed by atoms with Crippen LogP contribution in [0.2, 0.25) is 5.02 Å². The number of anilines is 1. The Labute approximate surface area is 136 Å². The molecule has 1 rings (SSSR count). The number of hydrazone groups is 1. The van der Waals surface area contributed by atoms with Gasteiger partial charge in [-0.1, -0.05) is 17.7 Å². The number of urea groups is 1. The van der Waals surface area contributed by atoms with Crippen LogP contribution in [0.25, 0.3) is 0 Å². The van der Waals surface area contributed by atoms with Crippen molar-refractivity contribution in [2.75, 3.05) is 19.1 Å². The van der Waals surface area contributed by atoms with E-state index in [0.29, 0.717) is 16.5 Å². The normalized spacial score (nSPS) is 11.4. The minimum absolute atomic E-state index is 0.0237. The number of rotatable bonds is 5. The van der Waals surface area contributed by atoms with Gasteiger partial charge in [0, 0.05) is 20.3 Å². The highest BCUT2D eigenvalue weighted by atomic mass is 35.5. The molecule has 0 bridgehead atoms. The average molecular weight is 324 g/mol. The van der Waals surface area contributed by atoms with Crippen LogP contribution in [0.5, 0.6) is 5.75 Å². The number of carbonyl (C=O) groups is 1. The highest BCUT2D eigenvalue weighted by molar-refractivity contribution is 6.32. The fourth-order valence-electron chi connectivity index (χ4n) is 1.58. The number of hydrogen-bond acceptors (Lipinski definition) is 3. The first-order chi connectivity index (χ1) is 10.4. The van der Waals surface area contributed by atoms with Gasteiger partial charge in [-0.3, -0.25) is 0 Å².